The number of amidine groups is 1. The van der Waals surface area contributed by atoms with Gasteiger partial charge in [-0.2, -0.15) is 0 Å². The molecule has 216 valence electrons. The standard InChI is InChI=1S/C27H36ClN7O4S/c1-5-39-33-23(24(36)29-18-9-7-17(28)8-10-18)30-19-11-6-16(27(38)34(2)3)14-21(19)31-25(37)26-32-20-12-13-35(4)15-22(20)40-26/h7-10,16,19,21H,5-6,11-15H2,1-4H3,(H,29,36)(H,30,33)(H,31,37)/t16?,19-,21+/m0/s1. The highest BCUT2D eigenvalue weighted by Gasteiger charge is 2.37. The lowest BCUT2D eigenvalue weighted by atomic mass is 9.81. The average Bonchev–Trinajstić information content (AvgIpc) is 3.36. The van der Waals surface area contributed by atoms with Crippen LogP contribution in [0.5, 0.6) is 0 Å². The Hall–Kier alpha value is -3.06. The van der Waals surface area contributed by atoms with Gasteiger partial charge in [0.1, 0.15) is 0 Å². The van der Waals surface area contributed by atoms with E-state index >= 15 is 0 Å². The number of hydrogen-bond donors (Lipinski definition) is 3. The highest BCUT2D eigenvalue weighted by atomic mass is 35.5. The second kappa shape index (κ2) is 13.5. The maximum absolute atomic E-state index is 13.4. The number of rotatable bonds is 7. The number of nitrogens with one attached hydrogen (secondary N) is 3. The molecule has 3 N–H and O–H groups in total. The molecule has 1 aliphatic carbocycles. The molecular weight excluding hydrogens is 554 g/mol. The topological polar surface area (TPSA) is 128 Å². The average molecular weight is 590 g/mol. The van der Waals surface area contributed by atoms with E-state index in [0.717, 1.165) is 30.1 Å². The van der Waals surface area contributed by atoms with E-state index in [1.54, 1.807) is 50.2 Å². The molecule has 1 unspecified atom stereocenters. The van der Waals surface area contributed by atoms with Crippen LogP contribution in [0.1, 0.15) is 46.6 Å². The molecule has 1 aliphatic heterocycles. The first-order valence-electron chi connectivity index (χ1n) is 13.4. The summed E-state index contributed by atoms with van der Waals surface area (Å²) in [7, 11) is 5.50. The third-order valence-electron chi connectivity index (χ3n) is 6.96. The van der Waals surface area contributed by atoms with E-state index in [4.69, 9.17) is 21.4 Å². The van der Waals surface area contributed by atoms with Gasteiger partial charge in [-0.25, -0.2) is 10.5 Å². The van der Waals surface area contributed by atoms with Gasteiger partial charge in [0.2, 0.25) is 11.7 Å². The van der Waals surface area contributed by atoms with Crippen molar-refractivity contribution >= 4 is 52.2 Å². The number of benzene rings is 1. The highest BCUT2D eigenvalue weighted by Crippen LogP contribution is 2.30. The number of aliphatic imine (C=N–C) groups is 1. The molecular formula is C27H36ClN7O4S. The number of thiazole rings is 1. The molecule has 0 radical (unpaired) electrons. The summed E-state index contributed by atoms with van der Waals surface area (Å²) in [6, 6.07) is 5.77. The zero-order chi connectivity index (χ0) is 28.8. The normalized spacial score (nSPS) is 21.3. The van der Waals surface area contributed by atoms with Crippen molar-refractivity contribution in [1.82, 2.24) is 25.6 Å². The van der Waals surface area contributed by atoms with E-state index in [0.29, 0.717) is 41.6 Å². The molecule has 1 saturated carbocycles. The third-order valence-corrected chi connectivity index (χ3v) is 8.30. The van der Waals surface area contributed by atoms with Crippen LogP contribution in [-0.2, 0) is 27.4 Å². The minimum absolute atomic E-state index is 0.00238. The van der Waals surface area contributed by atoms with Gasteiger partial charge in [0.25, 0.3) is 11.8 Å². The van der Waals surface area contributed by atoms with Crippen LogP contribution in [0.2, 0.25) is 5.02 Å². The molecule has 40 heavy (non-hydrogen) atoms. The molecule has 2 heterocycles. The predicted molar refractivity (Wildman–Crippen MR) is 156 cm³/mol. The number of likely N-dealkylation sites (N-methyl/N-ethyl adjacent to an activating group) is 1. The van der Waals surface area contributed by atoms with Gasteiger partial charge in [0.05, 0.1) is 24.4 Å². The molecule has 0 bridgehead atoms. The minimum atomic E-state index is -0.496. The van der Waals surface area contributed by atoms with Crippen molar-refractivity contribution in [2.75, 3.05) is 39.6 Å². The Balaban J connectivity index is 1.56. The summed E-state index contributed by atoms with van der Waals surface area (Å²) >= 11 is 7.36. The van der Waals surface area contributed by atoms with E-state index < -0.39 is 18.0 Å². The minimum Gasteiger partial charge on any atom is -0.349 e. The molecule has 1 aromatic heterocycles. The largest absolute Gasteiger partial charge is 0.349 e. The lowest BCUT2D eigenvalue weighted by molar-refractivity contribution is -0.134. The first-order chi connectivity index (χ1) is 19.1. The number of carbonyl (C=O) groups is 3. The van der Waals surface area contributed by atoms with E-state index in [9.17, 15) is 14.4 Å². The summed E-state index contributed by atoms with van der Waals surface area (Å²) in [5.41, 5.74) is 4.16. The lowest BCUT2D eigenvalue weighted by Gasteiger charge is -2.35. The summed E-state index contributed by atoms with van der Waals surface area (Å²) < 4.78 is 0. The molecule has 4 rings (SSSR count). The fourth-order valence-electron chi connectivity index (χ4n) is 4.87. The molecule has 0 spiro atoms. The molecule has 2 aliphatic rings. The van der Waals surface area contributed by atoms with Crippen LogP contribution in [-0.4, -0.2) is 84.7 Å². The summed E-state index contributed by atoms with van der Waals surface area (Å²) in [5.74, 6) is -1.08. The molecule has 1 aromatic carbocycles. The number of hydroxylamine groups is 1. The SMILES string of the molecule is CCONC(=N[C@H]1CCC(C(=O)N(C)C)C[C@H]1NC(=O)c1nc2c(s1)CN(C)CC2)C(=O)Nc1ccc(Cl)cc1. The number of nitrogens with zero attached hydrogens (tertiary/aromatic N) is 4. The van der Waals surface area contributed by atoms with E-state index in [1.807, 2.05) is 7.05 Å². The van der Waals surface area contributed by atoms with Crippen LogP contribution in [0.25, 0.3) is 0 Å². The molecule has 3 amide bonds. The Morgan fingerprint density at radius 3 is 2.67 bits per heavy atom. The quantitative estimate of drug-likeness (QED) is 0.257. The first-order valence-corrected chi connectivity index (χ1v) is 14.6. The van der Waals surface area contributed by atoms with Gasteiger partial charge in [0, 0.05) is 55.1 Å². The first kappa shape index (κ1) is 29.9. The molecule has 1 fully saturated rings. The number of amides is 3. The number of hydrogen-bond acceptors (Lipinski definition) is 8. The number of halogens is 1. The fourth-order valence-corrected chi connectivity index (χ4v) is 6.08. The zero-order valence-corrected chi connectivity index (χ0v) is 24.8. The van der Waals surface area contributed by atoms with Crippen molar-refractivity contribution in [3.8, 4) is 0 Å². The van der Waals surface area contributed by atoms with Crippen LogP contribution >= 0.6 is 22.9 Å². The maximum Gasteiger partial charge on any atom is 0.292 e. The van der Waals surface area contributed by atoms with Crippen LogP contribution < -0.4 is 16.1 Å². The molecule has 0 saturated heterocycles. The van der Waals surface area contributed by atoms with E-state index in [1.165, 1.54) is 11.3 Å². The third kappa shape index (κ3) is 7.57. The van der Waals surface area contributed by atoms with Gasteiger partial charge < -0.3 is 20.4 Å². The van der Waals surface area contributed by atoms with Crippen molar-refractivity contribution in [1.29, 1.82) is 0 Å². The Labute approximate surface area is 243 Å². The molecule has 3 atom stereocenters. The summed E-state index contributed by atoms with van der Waals surface area (Å²) in [5, 5.41) is 6.83. The lowest BCUT2D eigenvalue weighted by Crippen LogP contribution is -2.50. The van der Waals surface area contributed by atoms with Gasteiger partial charge in [0.15, 0.2) is 5.01 Å². The van der Waals surface area contributed by atoms with E-state index in [2.05, 4.69) is 26.0 Å². The van der Waals surface area contributed by atoms with Crippen molar-refractivity contribution in [2.45, 2.75) is 51.2 Å². The maximum atomic E-state index is 13.4. The second-order valence-electron chi connectivity index (χ2n) is 10.2. The van der Waals surface area contributed by atoms with Gasteiger partial charge in [-0.3, -0.25) is 24.2 Å². The fraction of sp³-hybridized carbons (Fsp3) is 0.519. The van der Waals surface area contributed by atoms with Crippen LogP contribution in [0, 0.1) is 5.92 Å². The molecule has 2 aromatic rings. The molecule has 13 heteroatoms. The second-order valence-corrected chi connectivity index (χ2v) is 11.8. The van der Waals surface area contributed by atoms with Crippen molar-refractivity contribution in [3.63, 3.8) is 0 Å². The predicted octanol–water partition coefficient (Wildman–Crippen LogP) is 2.72. The number of anilines is 1. The van der Waals surface area contributed by atoms with Gasteiger partial charge in [-0.05, 0) is 57.5 Å². The molecule has 11 nitrogen and oxygen atoms in total. The Morgan fingerprint density at radius 1 is 1.23 bits per heavy atom. The van der Waals surface area contributed by atoms with Crippen molar-refractivity contribution in [2.24, 2.45) is 10.9 Å². The van der Waals surface area contributed by atoms with Crippen molar-refractivity contribution < 1.29 is 19.2 Å². The summed E-state index contributed by atoms with van der Waals surface area (Å²) in [4.78, 5) is 58.9. The smallest absolute Gasteiger partial charge is 0.292 e. The van der Waals surface area contributed by atoms with Crippen LogP contribution in [0.15, 0.2) is 29.3 Å². The van der Waals surface area contributed by atoms with Crippen molar-refractivity contribution in [3.05, 3.63) is 44.9 Å². The number of aromatic nitrogens is 1. The highest BCUT2D eigenvalue weighted by molar-refractivity contribution is 7.13. The van der Waals surface area contributed by atoms with Gasteiger partial charge in [-0.15, -0.1) is 11.3 Å². The van der Waals surface area contributed by atoms with Gasteiger partial charge >= 0.3 is 0 Å². The number of carbonyl (C=O) groups excluding carboxylic acids is 3. The Morgan fingerprint density at radius 2 is 1.98 bits per heavy atom. The number of fused-ring (bicyclic) bond motifs is 1. The van der Waals surface area contributed by atoms with E-state index in [-0.39, 0.29) is 23.6 Å². The zero-order valence-electron chi connectivity index (χ0n) is 23.2. The Kier molecular flexibility index (Phi) is 10.1. The van der Waals surface area contributed by atoms with Gasteiger partial charge in [-0.1, -0.05) is 11.6 Å². The summed E-state index contributed by atoms with van der Waals surface area (Å²) in [6.45, 7) is 3.76. The Bertz CT molecular complexity index is 1250. The summed E-state index contributed by atoms with van der Waals surface area (Å²) in [6.07, 6.45) is 2.28. The van der Waals surface area contributed by atoms with Crippen LogP contribution in [0.3, 0.4) is 0 Å². The monoisotopic (exact) mass is 589 g/mol. The van der Waals surface area contributed by atoms with Crippen LogP contribution in [0.4, 0.5) is 5.69 Å².